The molecule has 7 heavy (non-hydrogen) atoms. The van der Waals surface area contributed by atoms with E-state index in [1.807, 2.05) is 0 Å². The van der Waals surface area contributed by atoms with E-state index in [-0.39, 0.29) is 0 Å². The van der Waals surface area contributed by atoms with Gasteiger partial charge in [0.2, 0.25) is 0 Å². The van der Waals surface area contributed by atoms with Crippen LogP contribution < -0.4 is 0 Å². The molecule has 0 aromatic rings. The van der Waals surface area contributed by atoms with E-state index in [1.54, 1.807) is 0 Å². The molecule has 0 rings (SSSR count). The summed E-state index contributed by atoms with van der Waals surface area (Å²) in [6.45, 7) is 0. The SMILES string of the molecule is SN(S)SN(S)S. The van der Waals surface area contributed by atoms with E-state index in [2.05, 4.69) is 51.3 Å². The molecule has 0 spiro atoms. The molecule has 0 N–H and O–H groups in total. The van der Waals surface area contributed by atoms with Gasteiger partial charge in [-0.05, 0) is 0 Å². The summed E-state index contributed by atoms with van der Waals surface area (Å²) >= 11 is 16.2. The Morgan fingerprint density at radius 2 is 1.14 bits per heavy atom. The van der Waals surface area contributed by atoms with Gasteiger partial charge in [0, 0.05) is 0 Å². The minimum absolute atomic E-state index is 1.13. The molecule has 0 bridgehead atoms. The molecule has 0 amide bonds. The van der Waals surface area contributed by atoms with E-state index in [4.69, 9.17) is 0 Å². The van der Waals surface area contributed by atoms with E-state index in [1.165, 1.54) is 6.23 Å². The van der Waals surface area contributed by atoms with Crippen LogP contribution in [0.15, 0.2) is 0 Å². The lowest BCUT2D eigenvalue weighted by Gasteiger charge is -2.07. The largest absolute Gasteiger partial charge is 0.128 e. The van der Waals surface area contributed by atoms with E-state index >= 15 is 0 Å². The first-order chi connectivity index (χ1) is 3.13. The van der Waals surface area contributed by atoms with E-state index in [9.17, 15) is 0 Å². The van der Waals surface area contributed by atoms with Crippen molar-refractivity contribution in [2.75, 3.05) is 0 Å². The zero-order valence-electron chi connectivity index (χ0n) is 3.09. The molecule has 2 nitrogen and oxygen atoms in total. The summed E-state index contributed by atoms with van der Waals surface area (Å²) in [7, 11) is 0. The van der Waals surface area contributed by atoms with Crippen molar-refractivity contribution in [1.82, 2.24) is 6.23 Å². The molecule has 0 aliphatic carbocycles. The maximum atomic E-state index is 3.76. The molecule has 0 aliphatic rings. The van der Waals surface area contributed by atoms with Gasteiger partial charge in [0.15, 0.2) is 0 Å². The number of nitrogens with zero attached hydrogens (tertiary/aromatic N) is 2. The minimum atomic E-state index is 1.13. The highest BCUT2D eigenvalue weighted by Crippen LogP contribution is 2.23. The maximum absolute atomic E-state index is 3.76. The molecule has 0 fully saturated rings. The van der Waals surface area contributed by atoms with E-state index < -0.39 is 0 Å². The molecule has 7 heteroatoms. The molecule has 0 aliphatic heterocycles. The average Bonchev–Trinajstić information content (AvgIpc) is 1.27. The van der Waals surface area contributed by atoms with Crippen LogP contribution >= 0.6 is 63.4 Å². The monoisotopic (exact) mass is 192 g/mol. The van der Waals surface area contributed by atoms with Gasteiger partial charge in [-0.25, -0.2) is 0 Å². The van der Waals surface area contributed by atoms with Gasteiger partial charge in [0.25, 0.3) is 0 Å². The lowest BCUT2D eigenvalue weighted by atomic mass is 13.8. The molecule has 0 saturated carbocycles. The molecule has 0 radical (unpaired) electrons. The van der Waals surface area contributed by atoms with Gasteiger partial charge in [-0.3, -0.25) is 0 Å². The molecule has 0 heterocycles. The first kappa shape index (κ1) is 8.67. The summed E-state index contributed by atoms with van der Waals surface area (Å²) in [6.07, 6.45) is 0. The van der Waals surface area contributed by atoms with Crippen molar-refractivity contribution in [3.05, 3.63) is 0 Å². The lowest BCUT2D eigenvalue weighted by Crippen LogP contribution is -1.89. The summed E-state index contributed by atoms with van der Waals surface area (Å²) in [5.74, 6) is 0. The average molecular weight is 192 g/mol. The zero-order valence-corrected chi connectivity index (χ0v) is 7.49. The van der Waals surface area contributed by atoms with Crippen molar-refractivity contribution in [2.45, 2.75) is 0 Å². The standard InChI is InChI=1S/H4N2S5/c3-1(4)7-2(5)6/h3-6H. The molecule has 0 aromatic carbocycles. The number of thiol groups is 4. The third-order valence-corrected chi connectivity index (χ3v) is 1.31. The van der Waals surface area contributed by atoms with E-state index in [0.717, 1.165) is 12.1 Å². The second-order valence-corrected chi connectivity index (χ2v) is 4.79. The van der Waals surface area contributed by atoms with Crippen LogP contribution in [0.25, 0.3) is 0 Å². The fraction of sp³-hybridized carbons (Fsp3) is 0. The van der Waals surface area contributed by atoms with Gasteiger partial charge in [0.1, 0.15) is 0 Å². The van der Waals surface area contributed by atoms with Gasteiger partial charge < -0.3 is 0 Å². The van der Waals surface area contributed by atoms with Crippen molar-refractivity contribution >= 4 is 63.4 Å². The van der Waals surface area contributed by atoms with E-state index in [0.29, 0.717) is 0 Å². The molecule has 44 valence electrons. The first-order valence-electron chi connectivity index (χ1n) is 1.17. The molecular formula is H4N2S5. The fourth-order valence-corrected chi connectivity index (χ4v) is 1.76. The quantitative estimate of drug-likeness (QED) is 0.390. The smallest absolute Gasteiger partial charge is 0.0526 e. The zero-order chi connectivity index (χ0) is 5.86. The van der Waals surface area contributed by atoms with Crippen LogP contribution in [0.4, 0.5) is 0 Å². The molecule has 0 unspecified atom stereocenters. The Morgan fingerprint density at radius 3 is 1.14 bits per heavy atom. The van der Waals surface area contributed by atoms with Gasteiger partial charge >= 0.3 is 0 Å². The summed E-state index contributed by atoms with van der Waals surface area (Å²) in [5.41, 5.74) is 0. The van der Waals surface area contributed by atoms with Crippen LogP contribution in [0.5, 0.6) is 0 Å². The van der Waals surface area contributed by atoms with Crippen LogP contribution in [0.1, 0.15) is 0 Å². The Kier molecular flexibility index (Phi) is 5.62. The third-order valence-electron chi connectivity index (χ3n) is 0.146. The Bertz CT molecular complexity index is 35.3. The highest BCUT2D eigenvalue weighted by molar-refractivity contribution is 8.22. The van der Waals surface area contributed by atoms with Crippen LogP contribution in [0.3, 0.4) is 0 Å². The molecule has 0 atom stereocenters. The van der Waals surface area contributed by atoms with Crippen LogP contribution in [-0.2, 0) is 0 Å². The van der Waals surface area contributed by atoms with Crippen molar-refractivity contribution in [3.8, 4) is 0 Å². The van der Waals surface area contributed by atoms with Crippen LogP contribution in [-0.4, -0.2) is 6.23 Å². The maximum Gasteiger partial charge on any atom is 0.0526 e. The highest BCUT2D eigenvalue weighted by atomic mass is 32.3. The number of hydrogen-bond acceptors (Lipinski definition) is 7. The van der Waals surface area contributed by atoms with Crippen molar-refractivity contribution in [2.24, 2.45) is 0 Å². The Hall–Kier alpha value is 1.67. The summed E-state index contributed by atoms with van der Waals surface area (Å²) in [5, 5.41) is 0. The molecular weight excluding hydrogens is 188 g/mol. The first-order valence-corrected chi connectivity index (χ1v) is 3.50. The normalized spacial score (nSPS) is 11.1. The molecule has 0 saturated heterocycles. The van der Waals surface area contributed by atoms with Gasteiger partial charge in [0.05, 0.1) is 12.1 Å². The third kappa shape index (κ3) is 7.67. The predicted molar refractivity (Wildman–Crippen MR) is 47.2 cm³/mol. The van der Waals surface area contributed by atoms with Crippen LogP contribution in [0.2, 0.25) is 0 Å². The second kappa shape index (κ2) is 4.54. The van der Waals surface area contributed by atoms with Gasteiger partial charge in [-0.2, -0.15) is 0 Å². The Morgan fingerprint density at radius 1 is 0.857 bits per heavy atom. The minimum Gasteiger partial charge on any atom is -0.128 e. The fourth-order valence-electron chi connectivity index (χ4n) is 0.0653. The summed E-state index contributed by atoms with van der Waals surface area (Å²) < 4.78 is 2.56. The van der Waals surface area contributed by atoms with Crippen molar-refractivity contribution in [3.63, 3.8) is 0 Å². The van der Waals surface area contributed by atoms with Crippen LogP contribution in [0, 0.1) is 0 Å². The Labute approximate surface area is 69.4 Å². The number of hydrogen-bond donors (Lipinski definition) is 4. The topological polar surface area (TPSA) is 6.48 Å². The highest BCUT2D eigenvalue weighted by Gasteiger charge is 1.94. The van der Waals surface area contributed by atoms with Gasteiger partial charge in [-0.15, -0.1) is 6.23 Å². The summed E-state index contributed by atoms with van der Waals surface area (Å²) in [6, 6.07) is 0. The summed E-state index contributed by atoms with van der Waals surface area (Å²) in [4.78, 5) is 0. The van der Waals surface area contributed by atoms with Gasteiger partial charge in [-0.1, -0.05) is 51.3 Å². The number of rotatable bonds is 2. The second-order valence-electron chi connectivity index (χ2n) is 0.587. The predicted octanol–water partition coefficient (Wildman–Crippen LogP) is 1.53. The van der Waals surface area contributed by atoms with Crippen molar-refractivity contribution < 1.29 is 0 Å². The van der Waals surface area contributed by atoms with Crippen molar-refractivity contribution in [1.29, 1.82) is 0 Å². The molecule has 0 aromatic heterocycles. The Balaban J connectivity index is 2.95. The lowest BCUT2D eigenvalue weighted by molar-refractivity contribution is 1.21.